The molecule has 1 saturated heterocycles. The van der Waals surface area contributed by atoms with Crippen LogP contribution in [0.3, 0.4) is 0 Å². The molecule has 4 rings (SSSR count). The van der Waals surface area contributed by atoms with Gasteiger partial charge in [-0.2, -0.15) is 4.98 Å². The number of aromatic nitrogens is 2. The largest absolute Gasteiger partial charge is 0.478 e. The number of carboxylic acids is 1. The number of rotatable bonds is 4. The average molecular weight is 372 g/mol. The van der Waals surface area contributed by atoms with Crippen molar-refractivity contribution in [1.82, 2.24) is 15.3 Å². The third kappa shape index (κ3) is 3.13. The number of H-pyrrole nitrogens is 1. The number of aryl methyl sites for hydroxylation is 1. The summed E-state index contributed by atoms with van der Waals surface area (Å²) in [7, 11) is 0. The van der Waals surface area contributed by atoms with Crippen molar-refractivity contribution < 1.29 is 14.6 Å². The van der Waals surface area contributed by atoms with Crippen LogP contribution in [-0.4, -0.2) is 34.1 Å². The van der Waals surface area contributed by atoms with Crippen LogP contribution in [-0.2, 0) is 0 Å². The number of nitrogens with one attached hydrogen (secondary N) is 2. The molecular weight excluding hydrogens is 354 g/mol. The molecule has 1 aromatic heterocycles. The Hall–Kier alpha value is -2.57. The lowest BCUT2D eigenvalue weighted by atomic mass is 9.98. The molecule has 0 aliphatic carbocycles. The predicted molar refractivity (Wildman–Crippen MR) is 99.5 cm³/mol. The molecule has 3 aromatic rings. The second-order valence-electron chi connectivity index (χ2n) is 6.51. The number of benzene rings is 2. The van der Waals surface area contributed by atoms with Crippen LogP contribution in [0.15, 0.2) is 30.3 Å². The Labute approximate surface area is 155 Å². The zero-order chi connectivity index (χ0) is 18.3. The zero-order valence-electron chi connectivity index (χ0n) is 14.2. The van der Waals surface area contributed by atoms with Gasteiger partial charge in [-0.1, -0.05) is 17.7 Å². The summed E-state index contributed by atoms with van der Waals surface area (Å²) in [4.78, 5) is 18.8. The van der Waals surface area contributed by atoms with Crippen LogP contribution in [0.5, 0.6) is 11.8 Å². The third-order valence-corrected chi connectivity index (χ3v) is 5.06. The smallest absolute Gasteiger partial charge is 0.336 e. The van der Waals surface area contributed by atoms with Crippen molar-refractivity contribution in [2.45, 2.75) is 19.3 Å². The summed E-state index contributed by atoms with van der Waals surface area (Å²) >= 11 is 6.44. The van der Waals surface area contributed by atoms with Crippen LogP contribution in [0, 0.1) is 6.92 Å². The molecule has 0 amide bonds. The highest BCUT2D eigenvalue weighted by molar-refractivity contribution is 6.32. The Morgan fingerprint density at radius 3 is 2.92 bits per heavy atom. The molecule has 0 radical (unpaired) electrons. The Morgan fingerprint density at radius 2 is 2.19 bits per heavy atom. The number of imidazole rings is 1. The van der Waals surface area contributed by atoms with Crippen molar-refractivity contribution in [3.8, 4) is 11.8 Å². The standard InChI is InChI=1S/C19H18ClN3O3/c1-10-2-3-12(6-13(10)18(24)25)26-19-22-16-7-14(11-4-5-21-9-11)15(20)8-17(16)23-19/h2-3,6-8,11,21H,4-5,9H2,1H3,(H,22,23)(H,24,25). The number of halogens is 1. The number of carbonyl (C=O) groups is 1. The molecule has 0 bridgehead atoms. The van der Waals surface area contributed by atoms with Crippen LogP contribution >= 0.6 is 11.6 Å². The van der Waals surface area contributed by atoms with E-state index in [1.807, 2.05) is 12.1 Å². The molecule has 1 fully saturated rings. The van der Waals surface area contributed by atoms with Gasteiger partial charge in [0.15, 0.2) is 0 Å². The van der Waals surface area contributed by atoms with Crippen LogP contribution in [0.4, 0.5) is 0 Å². The monoisotopic (exact) mass is 371 g/mol. The first kappa shape index (κ1) is 16.9. The highest BCUT2D eigenvalue weighted by atomic mass is 35.5. The molecule has 3 N–H and O–H groups in total. The van der Waals surface area contributed by atoms with E-state index in [-0.39, 0.29) is 5.56 Å². The SMILES string of the molecule is Cc1ccc(Oc2nc3cc(C4CCNC4)c(Cl)cc3[nH]2)cc1C(=O)O. The summed E-state index contributed by atoms with van der Waals surface area (Å²) in [5, 5.41) is 13.3. The zero-order valence-corrected chi connectivity index (χ0v) is 14.9. The molecule has 2 heterocycles. The quantitative estimate of drug-likeness (QED) is 0.643. The van der Waals surface area contributed by atoms with Gasteiger partial charge < -0.3 is 20.1 Å². The van der Waals surface area contributed by atoms with Gasteiger partial charge in [0, 0.05) is 11.6 Å². The van der Waals surface area contributed by atoms with Crippen LogP contribution in [0.1, 0.15) is 33.8 Å². The number of aromatic carboxylic acids is 1. The van der Waals surface area contributed by atoms with E-state index in [1.165, 1.54) is 6.07 Å². The summed E-state index contributed by atoms with van der Waals surface area (Å²) in [5.74, 6) is -0.180. The summed E-state index contributed by atoms with van der Waals surface area (Å²) < 4.78 is 5.73. The lowest BCUT2D eigenvalue weighted by Crippen LogP contribution is -2.08. The average Bonchev–Trinajstić information content (AvgIpc) is 3.24. The van der Waals surface area contributed by atoms with E-state index in [0.717, 1.165) is 36.1 Å². The van der Waals surface area contributed by atoms with Gasteiger partial charge in [0.2, 0.25) is 0 Å². The van der Waals surface area contributed by atoms with E-state index in [1.54, 1.807) is 19.1 Å². The van der Waals surface area contributed by atoms with Gasteiger partial charge in [-0.25, -0.2) is 4.79 Å². The first-order valence-corrected chi connectivity index (χ1v) is 8.81. The van der Waals surface area contributed by atoms with Crippen molar-refractivity contribution in [3.63, 3.8) is 0 Å². The Kier molecular flexibility index (Phi) is 4.30. The number of hydrogen-bond acceptors (Lipinski definition) is 4. The summed E-state index contributed by atoms with van der Waals surface area (Å²) in [5.41, 5.74) is 3.53. The minimum absolute atomic E-state index is 0.206. The van der Waals surface area contributed by atoms with E-state index >= 15 is 0 Å². The highest BCUT2D eigenvalue weighted by Crippen LogP contribution is 2.33. The number of fused-ring (bicyclic) bond motifs is 1. The third-order valence-electron chi connectivity index (χ3n) is 4.73. The molecule has 0 spiro atoms. The summed E-state index contributed by atoms with van der Waals surface area (Å²) in [6.07, 6.45) is 1.06. The first-order chi connectivity index (χ1) is 12.5. The second-order valence-corrected chi connectivity index (χ2v) is 6.91. The molecular formula is C19H18ClN3O3. The van der Waals surface area contributed by atoms with Crippen molar-refractivity contribution >= 4 is 28.6 Å². The second kappa shape index (κ2) is 6.63. The van der Waals surface area contributed by atoms with Crippen molar-refractivity contribution in [2.24, 2.45) is 0 Å². The van der Waals surface area contributed by atoms with E-state index in [4.69, 9.17) is 16.3 Å². The molecule has 0 saturated carbocycles. The molecule has 1 aliphatic heterocycles. The molecule has 26 heavy (non-hydrogen) atoms. The number of ether oxygens (including phenoxy) is 1. The fourth-order valence-corrected chi connectivity index (χ4v) is 3.63. The molecule has 134 valence electrons. The predicted octanol–water partition coefficient (Wildman–Crippen LogP) is 4.09. The van der Waals surface area contributed by atoms with Gasteiger partial charge >= 0.3 is 5.97 Å². The highest BCUT2D eigenvalue weighted by Gasteiger charge is 2.20. The molecule has 1 aliphatic rings. The van der Waals surface area contributed by atoms with Crippen LogP contribution in [0.2, 0.25) is 5.02 Å². The van der Waals surface area contributed by atoms with Crippen molar-refractivity contribution in [2.75, 3.05) is 13.1 Å². The number of carboxylic acid groups (broad SMARTS) is 1. The first-order valence-electron chi connectivity index (χ1n) is 8.43. The van der Waals surface area contributed by atoms with Gasteiger partial charge in [-0.3, -0.25) is 0 Å². The maximum atomic E-state index is 11.3. The Bertz CT molecular complexity index is 993. The van der Waals surface area contributed by atoms with Gasteiger partial charge in [-0.15, -0.1) is 0 Å². The normalized spacial score (nSPS) is 16.9. The molecule has 7 heteroatoms. The van der Waals surface area contributed by atoms with Crippen molar-refractivity contribution in [3.05, 3.63) is 52.0 Å². The van der Waals surface area contributed by atoms with E-state index in [0.29, 0.717) is 28.3 Å². The van der Waals surface area contributed by atoms with Gasteiger partial charge in [0.25, 0.3) is 6.01 Å². The molecule has 1 unspecified atom stereocenters. The lowest BCUT2D eigenvalue weighted by molar-refractivity contribution is 0.0695. The molecule has 6 nitrogen and oxygen atoms in total. The maximum Gasteiger partial charge on any atom is 0.336 e. The molecule has 1 atom stereocenters. The number of aromatic amines is 1. The van der Waals surface area contributed by atoms with E-state index < -0.39 is 5.97 Å². The van der Waals surface area contributed by atoms with E-state index in [9.17, 15) is 9.90 Å². The maximum absolute atomic E-state index is 11.3. The van der Waals surface area contributed by atoms with E-state index in [2.05, 4.69) is 15.3 Å². The fourth-order valence-electron chi connectivity index (χ4n) is 3.31. The molecule has 2 aromatic carbocycles. The number of hydrogen-bond donors (Lipinski definition) is 3. The minimum Gasteiger partial charge on any atom is -0.478 e. The van der Waals surface area contributed by atoms with Gasteiger partial charge in [-0.05, 0) is 61.2 Å². The van der Waals surface area contributed by atoms with Crippen molar-refractivity contribution in [1.29, 1.82) is 0 Å². The lowest BCUT2D eigenvalue weighted by Gasteiger charge is -2.10. The topological polar surface area (TPSA) is 87.2 Å². The van der Waals surface area contributed by atoms with Crippen LogP contribution < -0.4 is 10.1 Å². The van der Waals surface area contributed by atoms with Gasteiger partial charge in [0.1, 0.15) is 5.75 Å². The van der Waals surface area contributed by atoms with Crippen LogP contribution in [0.25, 0.3) is 11.0 Å². The fraction of sp³-hybridized carbons (Fsp3) is 0.263. The van der Waals surface area contributed by atoms with Gasteiger partial charge in [0.05, 0.1) is 16.6 Å². The summed E-state index contributed by atoms with van der Waals surface area (Å²) in [6.45, 7) is 3.66. The minimum atomic E-state index is -0.987. The summed E-state index contributed by atoms with van der Waals surface area (Å²) in [6, 6.07) is 9.09. The Balaban J connectivity index is 1.65. The number of nitrogens with zero attached hydrogens (tertiary/aromatic N) is 1. The Morgan fingerprint density at radius 1 is 1.35 bits per heavy atom.